The van der Waals surface area contributed by atoms with Crippen molar-refractivity contribution in [3.05, 3.63) is 35.7 Å². The first-order chi connectivity index (χ1) is 16.4. The molecule has 2 aromatic heterocycles. The number of anilines is 3. The topological polar surface area (TPSA) is 138 Å². The molecule has 1 aliphatic heterocycles. The quantitative estimate of drug-likeness (QED) is 0.472. The number of benzene rings is 1. The predicted molar refractivity (Wildman–Crippen MR) is 130 cm³/mol. The van der Waals surface area contributed by atoms with Crippen LogP contribution in [0.15, 0.2) is 34.2 Å². The molecule has 1 aliphatic carbocycles. The number of ether oxygens (including phenoxy) is 1. The minimum absolute atomic E-state index is 0.0519. The number of sulfone groups is 1. The summed E-state index contributed by atoms with van der Waals surface area (Å²) in [6.07, 6.45) is 0.172. The molecule has 12 heteroatoms. The lowest BCUT2D eigenvalue weighted by atomic mass is 10.1. The number of fused-ring (bicyclic) bond motifs is 1. The van der Waals surface area contributed by atoms with Gasteiger partial charge in [-0.25, -0.2) is 27.8 Å². The first kappa shape index (κ1) is 23.2. The molecule has 3 N–H and O–H groups in total. The van der Waals surface area contributed by atoms with Gasteiger partial charge in [0.25, 0.3) is 0 Å². The van der Waals surface area contributed by atoms with Gasteiger partial charge in [0.15, 0.2) is 15.5 Å². The van der Waals surface area contributed by atoms with Crippen LogP contribution in [0.1, 0.15) is 31.7 Å². The predicted octanol–water partition coefficient (Wildman–Crippen LogP) is 3.27. The average Bonchev–Trinajstić information content (AvgIpc) is 3.20. The molecule has 2 unspecified atom stereocenters. The number of nitrogens with one attached hydrogen (secondary N) is 3. The van der Waals surface area contributed by atoms with Gasteiger partial charge >= 0.3 is 0 Å². The Labute approximate surface area is 201 Å². The number of H-pyrrole nitrogens is 1. The van der Waals surface area contributed by atoms with Crippen molar-refractivity contribution in [2.24, 2.45) is 10.9 Å². The highest BCUT2D eigenvalue weighted by atomic mass is 32.2. The van der Waals surface area contributed by atoms with Crippen LogP contribution >= 0.6 is 0 Å². The Morgan fingerprint density at radius 2 is 1.97 bits per heavy atom. The van der Waals surface area contributed by atoms with Crippen LogP contribution < -0.4 is 10.6 Å². The van der Waals surface area contributed by atoms with Gasteiger partial charge in [-0.15, -0.1) is 0 Å². The van der Waals surface area contributed by atoms with Gasteiger partial charge in [-0.3, -0.25) is 4.79 Å². The largest absolute Gasteiger partial charge is 0.475 e. The van der Waals surface area contributed by atoms with E-state index in [9.17, 15) is 17.6 Å². The van der Waals surface area contributed by atoms with Crippen LogP contribution in [0.25, 0.3) is 11.2 Å². The smallest absolute Gasteiger partial charge is 0.231 e. The van der Waals surface area contributed by atoms with Gasteiger partial charge in [0.05, 0.1) is 27.7 Å². The Morgan fingerprint density at radius 1 is 1.23 bits per heavy atom. The fourth-order valence-corrected chi connectivity index (χ4v) is 4.72. The second-order valence-corrected chi connectivity index (χ2v) is 11.5. The number of imidazole rings is 1. The molecule has 0 saturated heterocycles. The molecule has 3 heterocycles. The number of hydrogen-bond acceptors (Lipinski definition) is 8. The van der Waals surface area contributed by atoms with E-state index in [0.29, 0.717) is 46.4 Å². The molecule has 184 valence electrons. The van der Waals surface area contributed by atoms with Crippen molar-refractivity contribution in [3.8, 4) is 0 Å². The molecule has 2 atom stereocenters. The highest BCUT2D eigenvalue weighted by Gasteiger charge is 2.43. The average molecular weight is 501 g/mol. The Kier molecular flexibility index (Phi) is 5.31. The SMILES string of the molecule is Cc1nc2nc(NC(=O)C3CC3F)cc(Nc3ccc(C4=NC(C)(C)CO4)cc3S(C)(=O)=O)c2[nH]1. The second-order valence-electron chi connectivity index (χ2n) is 9.55. The van der Waals surface area contributed by atoms with E-state index in [2.05, 4.69) is 30.6 Å². The maximum absolute atomic E-state index is 13.3. The summed E-state index contributed by atoms with van der Waals surface area (Å²) in [5.41, 5.74) is 1.79. The van der Waals surface area contributed by atoms with Crippen LogP contribution in [0.5, 0.6) is 0 Å². The number of halogens is 1. The van der Waals surface area contributed by atoms with E-state index in [1.54, 1.807) is 25.1 Å². The number of aromatic nitrogens is 3. The number of hydrogen-bond donors (Lipinski definition) is 3. The fourth-order valence-electron chi connectivity index (χ4n) is 3.86. The molecular formula is C23H25FN6O4S. The molecule has 1 fully saturated rings. The van der Waals surface area contributed by atoms with E-state index in [1.807, 2.05) is 13.8 Å². The highest BCUT2D eigenvalue weighted by Crippen LogP contribution is 2.36. The molecule has 1 aromatic carbocycles. The second kappa shape index (κ2) is 8.01. The molecular weight excluding hydrogens is 475 g/mol. The van der Waals surface area contributed by atoms with E-state index < -0.39 is 27.8 Å². The Bertz CT molecular complexity index is 1500. The van der Waals surface area contributed by atoms with E-state index in [-0.39, 0.29) is 22.7 Å². The number of rotatable bonds is 6. The van der Waals surface area contributed by atoms with Crippen LogP contribution in [0.3, 0.4) is 0 Å². The molecule has 1 amide bonds. The Balaban J connectivity index is 1.54. The van der Waals surface area contributed by atoms with Crippen LogP contribution in [0, 0.1) is 12.8 Å². The van der Waals surface area contributed by atoms with Gasteiger partial charge in [0.2, 0.25) is 11.8 Å². The summed E-state index contributed by atoms with van der Waals surface area (Å²) in [7, 11) is -3.65. The molecule has 2 aliphatic rings. The Morgan fingerprint density at radius 3 is 2.60 bits per heavy atom. The van der Waals surface area contributed by atoms with Crippen molar-refractivity contribution < 1.29 is 22.3 Å². The van der Waals surface area contributed by atoms with E-state index in [0.717, 1.165) is 6.26 Å². The molecule has 35 heavy (non-hydrogen) atoms. The number of amides is 1. The summed E-state index contributed by atoms with van der Waals surface area (Å²) < 4.78 is 44.4. The van der Waals surface area contributed by atoms with Gasteiger partial charge in [-0.05, 0) is 45.4 Å². The molecule has 0 radical (unpaired) electrons. The zero-order valence-electron chi connectivity index (χ0n) is 19.6. The van der Waals surface area contributed by atoms with Crippen LogP contribution in [-0.4, -0.2) is 59.7 Å². The van der Waals surface area contributed by atoms with Crippen LogP contribution in [0.2, 0.25) is 0 Å². The maximum Gasteiger partial charge on any atom is 0.231 e. The number of alkyl halides is 1. The fraction of sp³-hybridized carbons (Fsp3) is 0.391. The summed E-state index contributed by atoms with van der Waals surface area (Å²) in [6, 6.07) is 6.44. The van der Waals surface area contributed by atoms with Crippen molar-refractivity contribution in [2.75, 3.05) is 23.5 Å². The van der Waals surface area contributed by atoms with Gasteiger partial charge in [0.1, 0.15) is 29.9 Å². The minimum Gasteiger partial charge on any atom is -0.475 e. The summed E-state index contributed by atoms with van der Waals surface area (Å²) in [5, 5.41) is 5.77. The normalized spacial score (nSPS) is 20.9. The summed E-state index contributed by atoms with van der Waals surface area (Å²) in [6.45, 7) is 6.02. The first-order valence-corrected chi connectivity index (χ1v) is 13.0. The highest BCUT2D eigenvalue weighted by molar-refractivity contribution is 7.90. The number of aryl methyl sites for hydroxylation is 1. The van der Waals surface area contributed by atoms with Gasteiger partial charge in [0, 0.05) is 17.9 Å². The lowest BCUT2D eigenvalue weighted by Gasteiger charge is -2.14. The Hall–Kier alpha value is -3.54. The third-order valence-corrected chi connectivity index (χ3v) is 6.88. The molecule has 0 bridgehead atoms. The lowest BCUT2D eigenvalue weighted by molar-refractivity contribution is -0.117. The van der Waals surface area contributed by atoms with Crippen molar-refractivity contribution in [1.82, 2.24) is 15.0 Å². The van der Waals surface area contributed by atoms with Gasteiger partial charge in [-0.2, -0.15) is 0 Å². The van der Waals surface area contributed by atoms with Crippen LogP contribution in [0.4, 0.5) is 21.6 Å². The van der Waals surface area contributed by atoms with Crippen LogP contribution in [-0.2, 0) is 19.4 Å². The van der Waals surface area contributed by atoms with Crippen molar-refractivity contribution in [3.63, 3.8) is 0 Å². The van der Waals surface area contributed by atoms with Crippen molar-refractivity contribution >= 4 is 50.0 Å². The van der Waals surface area contributed by atoms with E-state index >= 15 is 0 Å². The van der Waals surface area contributed by atoms with Gasteiger partial charge in [-0.1, -0.05) is 0 Å². The zero-order valence-corrected chi connectivity index (χ0v) is 20.5. The monoisotopic (exact) mass is 500 g/mol. The van der Waals surface area contributed by atoms with Crippen molar-refractivity contribution in [2.45, 2.75) is 43.8 Å². The van der Waals surface area contributed by atoms with E-state index in [4.69, 9.17) is 4.74 Å². The zero-order chi connectivity index (χ0) is 25.1. The molecule has 3 aromatic rings. The third kappa shape index (κ3) is 4.70. The summed E-state index contributed by atoms with van der Waals surface area (Å²) >= 11 is 0. The molecule has 0 spiro atoms. The first-order valence-electron chi connectivity index (χ1n) is 11.1. The number of aromatic amines is 1. The molecule has 5 rings (SSSR count). The number of carbonyl (C=O) groups is 1. The van der Waals surface area contributed by atoms with Gasteiger partial charge < -0.3 is 20.4 Å². The maximum atomic E-state index is 13.3. The van der Waals surface area contributed by atoms with E-state index in [1.165, 1.54) is 6.07 Å². The third-order valence-electron chi connectivity index (χ3n) is 5.74. The number of aliphatic imine (C=N–C) groups is 1. The van der Waals surface area contributed by atoms with Crippen molar-refractivity contribution in [1.29, 1.82) is 0 Å². The molecule has 10 nitrogen and oxygen atoms in total. The number of nitrogens with zero attached hydrogens (tertiary/aromatic N) is 3. The lowest BCUT2D eigenvalue weighted by Crippen LogP contribution is -2.17. The summed E-state index contributed by atoms with van der Waals surface area (Å²) in [4.78, 5) is 28.6. The molecule has 1 saturated carbocycles. The minimum atomic E-state index is -3.65. The standard InChI is InChI=1S/C23H25FN6O4S/c1-11-25-19-16(9-18(28-20(19)26-11)29-21(31)13-8-14(13)24)27-15-6-5-12(7-17(15)35(4,32)33)22-30-23(2,3)10-34-22/h5-7,9,13-14H,8,10H2,1-4H3,(H3,25,26,27,28,29,31). The number of carbonyl (C=O) groups excluding carboxylic acids is 1. The summed E-state index contributed by atoms with van der Waals surface area (Å²) in [5.74, 6) is 0.0221. The number of pyridine rings is 1.